The summed E-state index contributed by atoms with van der Waals surface area (Å²) in [5.41, 5.74) is 1.30. The summed E-state index contributed by atoms with van der Waals surface area (Å²) >= 11 is 0. The van der Waals surface area contributed by atoms with Crippen LogP contribution in [0.5, 0.6) is 23.0 Å². The first-order chi connectivity index (χ1) is 14.1. The van der Waals surface area contributed by atoms with Gasteiger partial charge in [0, 0.05) is 30.5 Å². The molecule has 1 aromatic heterocycles. The molecule has 0 aliphatic carbocycles. The first kappa shape index (κ1) is 19.8. The third kappa shape index (κ3) is 5.26. The van der Waals surface area contributed by atoms with E-state index < -0.39 is 0 Å². The number of nitrogens with one attached hydrogen (secondary N) is 2. The van der Waals surface area contributed by atoms with Crippen molar-refractivity contribution in [3.8, 4) is 23.0 Å². The summed E-state index contributed by atoms with van der Waals surface area (Å²) in [5.74, 6) is 2.65. The lowest BCUT2D eigenvalue weighted by molar-refractivity contribution is -0.111. The van der Waals surface area contributed by atoms with Crippen molar-refractivity contribution in [3.05, 3.63) is 73.4 Å². The normalized spacial score (nSPS) is 10.0. The van der Waals surface area contributed by atoms with Gasteiger partial charge < -0.3 is 24.8 Å². The van der Waals surface area contributed by atoms with Crippen LogP contribution < -0.4 is 24.8 Å². The number of carbonyl (C=O) groups excluding carboxylic acids is 1. The molecule has 7 heteroatoms. The number of amides is 1. The van der Waals surface area contributed by atoms with Crippen molar-refractivity contribution < 1.29 is 19.0 Å². The summed E-state index contributed by atoms with van der Waals surface area (Å²) in [6, 6.07) is 16.1. The van der Waals surface area contributed by atoms with Crippen LogP contribution in [0.25, 0.3) is 0 Å². The zero-order chi connectivity index (χ0) is 20.6. The van der Waals surface area contributed by atoms with Crippen LogP contribution in [0.3, 0.4) is 0 Å². The van der Waals surface area contributed by atoms with E-state index in [9.17, 15) is 4.79 Å². The Morgan fingerprint density at radius 3 is 2.24 bits per heavy atom. The number of para-hydroxylation sites is 2. The Hall–Kier alpha value is -4.00. The number of pyridine rings is 1. The van der Waals surface area contributed by atoms with Crippen LogP contribution in [0.1, 0.15) is 0 Å². The van der Waals surface area contributed by atoms with E-state index in [0.717, 1.165) is 0 Å². The molecule has 0 bridgehead atoms. The number of hydrogen-bond acceptors (Lipinski definition) is 6. The summed E-state index contributed by atoms with van der Waals surface area (Å²) in [4.78, 5) is 15.9. The number of benzene rings is 2. The highest BCUT2D eigenvalue weighted by molar-refractivity contribution is 6.01. The van der Waals surface area contributed by atoms with Gasteiger partial charge in [0.2, 0.25) is 5.91 Å². The van der Waals surface area contributed by atoms with Crippen LogP contribution >= 0.6 is 0 Å². The maximum absolute atomic E-state index is 11.6. The van der Waals surface area contributed by atoms with Gasteiger partial charge in [-0.2, -0.15) is 0 Å². The Labute approximate surface area is 169 Å². The van der Waals surface area contributed by atoms with Gasteiger partial charge in [0.15, 0.2) is 0 Å². The van der Waals surface area contributed by atoms with Crippen LogP contribution in [0.15, 0.2) is 73.4 Å². The third-order valence-corrected chi connectivity index (χ3v) is 3.93. The zero-order valence-corrected chi connectivity index (χ0v) is 16.1. The molecule has 0 saturated heterocycles. The van der Waals surface area contributed by atoms with Gasteiger partial charge in [0.1, 0.15) is 28.8 Å². The lowest BCUT2D eigenvalue weighted by atomic mass is 10.2. The molecule has 0 fully saturated rings. The Bertz CT molecular complexity index is 998. The summed E-state index contributed by atoms with van der Waals surface area (Å²) < 4.78 is 16.5. The summed E-state index contributed by atoms with van der Waals surface area (Å²) in [6.07, 6.45) is 2.84. The van der Waals surface area contributed by atoms with Crippen molar-refractivity contribution in [1.82, 2.24) is 4.98 Å². The molecule has 0 saturated carbocycles. The molecule has 2 aromatic carbocycles. The standard InChI is InChI=1S/C22H21N3O4/c1-4-22(26)25-20-8-6-5-7-19(20)24-21-14-15(9-10-23-21)29-18-12-16(27-2)11-17(13-18)28-3/h4-14H,1H2,2-3H3,(H,23,24)(H,25,26). The maximum atomic E-state index is 11.6. The van der Waals surface area contributed by atoms with Crippen LogP contribution in [-0.4, -0.2) is 25.1 Å². The first-order valence-corrected chi connectivity index (χ1v) is 8.77. The number of carbonyl (C=O) groups is 1. The number of hydrogen-bond donors (Lipinski definition) is 2. The smallest absolute Gasteiger partial charge is 0.247 e. The van der Waals surface area contributed by atoms with Gasteiger partial charge in [-0.15, -0.1) is 0 Å². The Morgan fingerprint density at radius 1 is 0.931 bits per heavy atom. The van der Waals surface area contributed by atoms with Gasteiger partial charge in [-0.05, 0) is 24.3 Å². The van der Waals surface area contributed by atoms with E-state index >= 15 is 0 Å². The summed E-state index contributed by atoms with van der Waals surface area (Å²) in [6.45, 7) is 3.47. The monoisotopic (exact) mass is 391 g/mol. The number of anilines is 3. The molecule has 2 N–H and O–H groups in total. The highest BCUT2D eigenvalue weighted by Crippen LogP contribution is 2.32. The molecular formula is C22H21N3O4. The Balaban J connectivity index is 1.81. The molecule has 0 radical (unpaired) electrons. The highest BCUT2D eigenvalue weighted by Gasteiger charge is 2.08. The fourth-order valence-electron chi connectivity index (χ4n) is 2.54. The van der Waals surface area contributed by atoms with E-state index in [0.29, 0.717) is 40.2 Å². The van der Waals surface area contributed by atoms with Crippen LogP contribution in [0.2, 0.25) is 0 Å². The molecule has 0 atom stereocenters. The zero-order valence-electron chi connectivity index (χ0n) is 16.1. The molecule has 1 heterocycles. The number of ether oxygens (including phenoxy) is 3. The van der Waals surface area contributed by atoms with Crippen molar-refractivity contribution in [3.63, 3.8) is 0 Å². The quantitative estimate of drug-likeness (QED) is 0.539. The largest absolute Gasteiger partial charge is 0.496 e. The van der Waals surface area contributed by atoms with Crippen molar-refractivity contribution in [2.45, 2.75) is 0 Å². The first-order valence-electron chi connectivity index (χ1n) is 8.77. The Kier molecular flexibility index (Phi) is 6.32. The average Bonchev–Trinajstić information content (AvgIpc) is 2.75. The van der Waals surface area contributed by atoms with E-state index in [1.807, 2.05) is 18.2 Å². The minimum atomic E-state index is -0.295. The van der Waals surface area contributed by atoms with E-state index in [2.05, 4.69) is 22.2 Å². The molecule has 1 amide bonds. The van der Waals surface area contributed by atoms with Gasteiger partial charge in [-0.25, -0.2) is 4.98 Å². The van der Waals surface area contributed by atoms with Crippen LogP contribution in [0, 0.1) is 0 Å². The Morgan fingerprint density at radius 2 is 1.59 bits per heavy atom. The summed E-state index contributed by atoms with van der Waals surface area (Å²) in [5, 5.41) is 5.94. The van der Waals surface area contributed by atoms with Crippen molar-refractivity contribution in [2.75, 3.05) is 24.9 Å². The van der Waals surface area contributed by atoms with Crippen molar-refractivity contribution in [1.29, 1.82) is 0 Å². The maximum Gasteiger partial charge on any atom is 0.247 e. The third-order valence-electron chi connectivity index (χ3n) is 3.93. The highest BCUT2D eigenvalue weighted by atomic mass is 16.5. The van der Waals surface area contributed by atoms with E-state index in [-0.39, 0.29) is 5.91 Å². The molecule has 3 aromatic rings. The molecule has 0 unspecified atom stereocenters. The SMILES string of the molecule is C=CC(=O)Nc1ccccc1Nc1cc(Oc2cc(OC)cc(OC)c2)ccn1. The molecule has 29 heavy (non-hydrogen) atoms. The van der Waals surface area contributed by atoms with E-state index in [1.165, 1.54) is 6.08 Å². The number of methoxy groups -OCH3 is 2. The summed E-state index contributed by atoms with van der Waals surface area (Å²) in [7, 11) is 3.16. The predicted molar refractivity (Wildman–Crippen MR) is 112 cm³/mol. The molecule has 0 aliphatic heterocycles. The topological polar surface area (TPSA) is 81.7 Å². The molecular weight excluding hydrogens is 370 g/mol. The second kappa shape index (κ2) is 9.27. The molecule has 148 valence electrons. The number of aromatic nitrogens is 1. The van der Waals surface area contributed by atoms with Gasteiger partial charge in [-0.1, -0.05) is 18.7 Å². The molecule has 3 rings (SSSR count). The van der Waals surface area contributed by atoms with Gasteiger partial charge in [0.05, 0.1) is 25.6 Å². The predicted octanol–water partition coefficient (Wildman–Crippen LogP) is 4.76. The second-order valence-electron chi connectivity index (χ2n) is 5.89. The molecule has 0 spiro atoms. The van der Waals surface area contributed by atoms with Crippen LogP contribution in [-0.2, 0) is 4.79 Å². The van der Waals surface area contributed by atoms with Crippen molar-refractivity contribution >= 4 is 23.1 Å². The average molecular weight is 391 g/mol. The molecule has 0 aliphatic rings. The fraction of sp³-hybridized carbons (Fsp3) is 0.0909. The minimum Gasteiger partial charge on any atom is -0.496 e. The van der Waals surface area contributed by atoms with Crippen molar-refractivity contribution in [2.24, 2.45) is 0 Å². The molecule has 7 nitrogen and oxygen atoms in total. The van der Waals surface area contributed by atoms with E-state index in [1.54, 1.807) is 56.8 Å². The fourth-order valence-corrected chi connectivity index (χ4v) is 2.54. The van der Waals surface area contributed by atoms with Gasteiger partial charge in [0.25, 0.3) is 0 Å². The van der Waals surface area contributed by atoms with Gasteiger partial charge >= 0.3 is 0 Å². The lowest BCUT2D eigenvalue weighted by Gasteiger charge is -2.13. The number of nitrogens with zero attached hydrogens (tertiary/aromatic N) is 1. The van der Waals surface area contributed by atoms with E-state index in [4.69, 9.17) is 14.2 Å². The van der Waals surface area contributed by atoms with Crippen LogP contribution in [0.4, 0.5) is 17.2 Å². The number of rotatable bonds is 8. The minimum absolute atomic E-state index is 0.295. The second-order valence-corrected chi connectivity index (χ2v) is 5.89. The van der Waals surface area contributed by atoms with Gasteiger partial charge in [-0.3, -0.25) is 4.79 Å². The lowest BCUT2D eigenvalue weighted by Crippen LogP contribution is -2.09.